The molecule has 1 aromatic rings. The highest BCUT2D eigenvalue weighted by atomic mass is 16.6. The molecule has 0 atom stereocenters. The molecule has 0 bridgehead atoms. The minimum Gasteiger partial charge on any atom is -0.488 e. The van der Waals surface area contributed by atoms with Crippen LogP contribution in [0.3, 0.4) is 0 Å². The summed E-state index contributed by atoms with van der Waals surface area (Å²) in [5, 5.41) is 4.25. The Balaban J connectivity index is 2.13. The lowest BCUT2D eigenvalue weighted by atomic mass is 10.2. The van der Waals surface area contributed by atoms with E-state index < -0.39 is 5.60 Å². The van der Waals surface area contributed by atoms with Gasteiger partial charge in [-0.25, -0.2) is 4.79 Å². The Morgan fingerprint density at radius 3 is 2.79 bits per heavy atom. The molecule has 1 amide bonds. The number of hydrogen-bond donors (Lipinski definition) is 0. The monoisotopic (exact) mass is 265 g/mol. The zero-order chi connectivity index (χ0) is 14.0. The van der Waals surface area contributed by atoms with Crippen molar-refractivity contribution in [3.8, 4) is 0 Å². The van der Waals surface area contributed by atoms with E-state index in [2.05, 4.69) is 5.10 Å². The average Bonchev–Trinajstić information content (AvgIpc) is 2.74. The molecule has 2 rings (SSSR count). The van der Waals surface area contributed by atoms with Gasteiger partial charge < -0.3 is 9.47 Å². The molecular formula is C13H19N3O3. The summed E-state index contributed by atoms with van der Waals surface area (Å²) in [6.45, 7) is 6.44. The predicted molar refractivity (Wildman–Crippen MR) is 70.1 cm³/mol. The van der Waals surface area contributed by atoms with Gasteiger partial charge >= 0.3 is 6.09 Å². The van der Waals surface area contributed by atoms with Crippen LogP contribution in [0.2, 0.25) is 0 Å². The second-order valence-electron chi connectivity index (χ2n) is 5.39. The zero-order valence-electron chi connectivity index (χ0n) is 11.7. The fourth-order valence-electron chi connectivity index (χ4n) is 1.65. The highest BCUT2D eigenvalue weighted by Gasteiger charge is 2.24. The molecule has 19 heavy (non-hydrogen) atoms. The fraction of sp³-hybridized carbons (Fsp3) is 0.538. The summed E-state index contributed by atoms with van der Waals surface area (Å²) >= 11 is 0. The number of aryl methyl sites for hydroxylation is 1. The fourth-order valence-corrected chi connectivity index (χ4v) is 1.65. The standard InChI is InChI=1S/C13H19N3O3/c1-13(2,3)19-12(17)16-7-8-18-11(9-16)10-5-6-15(4)14-10/h5-6,9H,7-8H2,1-4H3. The summed E-state index contributed by atoms with van der Waals surface area (Å²) in [5.41, 5.74) is 0.199. The number of ether oxygens (including phenoxy) is 2. The van der Waals surface area contributed by atoms with E-state index in [0.717, 1.165) is 0 Å². The average molecular weight is 265 g/mol. The maximum absolute atomic E-state index is 12.0. The smallest absolute Gasteiger partial charge is 0.414 e. The van der Waals surface area contributed by atoms with Gasteiger partial charge in [-0.2, -0.15) is 5.10 Å². The van der Waals surface area contributed by atoms with E-state index in [9.17, 15) is 4.79 Å². The third-order valence-corrected chi connectivity index (χ3v) is 2.46. The van der Waals surface area contributed by atoms with Crippen LogP contribution in [-0.2, 0) is 16.5 Å². The van der Waals surface area contributed by atoms with Crippen molar-refractivity contribution in [1.82, 2.24) is 14.7 Å². The summed E-state index contributed by atoms with van der Waals surface area (Å²) in [6.07, 6.45) is 3.09. The third kappa shape index (κ3) is 3.49. The van der Waals surface area contributed by atoms with Crippen LogP contribution in [0.1, 0.15) is 26.5 Å². The van der Waals surface area contributed by atoms with Crippen molar-refractivity contribution in [2.24, 2.45) is 7.05 Å². The first kappa shape index (κ1) is 13.5. The van der Waals surface area contributed by atoms with Crippen LogP contribution in [0.15, 0.2) is 18.5 Å². The second-order valence-corrected chi connectivity index (χ2v) is 5.39. The van der Waals surface area contributed by atoms with E-state index >= 15 is 0 Å². The van der Waals surface area contributed by atoms with Crippen molar-refractivity contribution < 1.29 is 14.3 Å². The van der Waals surface area contributed by atoms with Crippen molar-refractivity contribution in [3.05, 3.63) is 24.2 Å². The zero-order valence-corrected chi connectivity index (χ0v) is 11.7. The number of amides is 1. The second kappa shape index (κ2) is 4.95. The van der Waals surface area contributed by atoms with Crippen LogP contribution in [-0.4, -0.2) is 39.5 Å². The SMILES string of the molecule is Cn1ccc(C2=CN(C(=O)OC(C)(C)C)CCO2)n1. The molecule has 0 saturated heterocycles. The Kier molecular flexibility index (Phi) is 3.50. The number of carbonyl (C=O) groups excluding carboxylic acids is 1. The van der Waals surface area contributed by atoms with Crippen molar-refractivity contribution in [1.29, 1.82) is 0 Å². The lowest BCUT2D eigenvalue weighted by molar-refractivity contribution is 0.0282. The molecule has 1 aliphatic heterocycles. The molecular weight excluding hydrogens is 246 g/mol. The highest BCUT2D eigenvalue weighted by Crippen LogP contribution is 2.20. The van der Waals surface area contributed by atoms with Gasteiger partial charge in [-0.3, -0.25) is 9.58 Å². The van der Waals surface area contributed by atoms with Gasteiger partial charge in [0.05, 0.1) is 12.7 Å². The number of hydrogen-bond acceptors (Lipinski definition) is 4. The summed E-state index contributed by atoms with van der Waals surface area (Å²) in [5.74, 6) is 0.581. The largest absolute Gasteiger partial charge is 0.488 e. The first-order chi connectivity index (χ1) is 8.85. The van der Waals surface area contributed by atoms with Gasteiger partial charge in [0.1, 0.15) is 17.9 Å². The number of carbonyl (C=O) groups is 1. The first-order valence-electron chi connectivity index (χ1n) is 6.19. The van der Waals surface area contributed by atoms with Crippen molar-refractivity contribution >= 4 is 11.9 Å². The van der Waals surface area contributed by atoms with Gasteiger partial charge in [-0.05, 0) is 26.8 Å². The van der Waals surface area contributed by atoms with Gasteiger partial charge in [0, 0.05) is 13.2 Å². The minimum absolute atomic E-state index is 0.371. The minimum atomic E-state index is -0.506. The van der Waals surface area contributed by atoms with Crippen LogP contribution in [0.5, 0.6) is 0 Å². The van der Waals surface area contributed by atoms with Crippen LogP contribution >= 0.6 is 0 Å². The molecule has 2 heterocycles. The molecule has 1 aliphatic rings. The topological polar surface area (TPSA) is 56.6 Å². The summed E-state index contributed by atoms with van der Waals surface area (Å²) in [7, 11) is 1.83. The molecule has 6 heteroatoms. The lowest BCUT2D eigenvalue weighted by Crippen LogP contribution is -2.37. The summed E-state index contributed by atoms with van der Waals surface area (Å²) in [6, 6.07) is 1.84. The van der Waals surface area contributed by atoms with Gasteiger partial charge in [0.15, 0.2) is 5.76 Å². The predicted octanol–water partition coefficient (Wildman–Crippen LogP) is 1.99. The molecule has 1 aromatic heterocycles. The molecule has 6 nitrogen and oxygen atoms in total. The molecule has 104 valence electrons. The van der Waals surface area contributed by atoms with Crippen molar-refractivity contribution in [2.75, 3.05) is 13.2 Å². The summed E-state index contributed by atoms with van der Waals surface area (Å²) in [4.78, 5) is 13.5. The van der Waals surface area contributed by atoms with E-state index in [4.69, 9.17) is 9.47 Å². The van der Waals surface area contributed by atoms with E-state index in [0.29, 0.717) is 24.6 Å². The molecule has 0 fully saturated rings. The molecule has 0 aromatic carbocycles. The van der Waals surface area contributed by atoms with Crippen LogP contribution in [0.4, 0.5) is 4.79 Å². The van der Waals surface area contributed by atoms with Crippen LogP contribution in [0.25, 0.3) is 5.76 Å². The Morgan fingerprint density at radius 2 is 2.21 bits per heavy atom. The maximum Gasteiger partial charge on any atom is 0.414 e. The van der Waals surface area contributed by atoms with Crippen molar-refractivity contribution in [3.63, 3.8) is 0 Å². The van der Waals surface area contributed by atoms with E-state index in [1.54, 1.807) is 10.9 Å². The molecule has 0 N–H and O–H groups in total. The van der Waals surface area contributed by atoms with Gasteiger partial charge in [0.25, 0.3) is 0 Å². The van der Waals surface area contributed by atoms with Crippen LogP contribution < -0.4 is 0 Å². The highest BCUT2D eigenvalue weighted by molar-refractivity contribution is 5.72. The van der Waals surface area contributed by atoms with Crippen LogP contribution in [0, 0.1) is 0 Å². The Labute approximate surface area is 112 Å². The van der Waals surface area contributed by atoms with Gasteiger partial charge in [-0.15, -0.1) is 0 Å². The molecule has 0 saturated carbocycles. The Hall–Kier alpha value is -1.98. The first-order valence-corrected chi connectivity index (χ1v) is 6.19. The molecule has 0 aliphatic carbocycles. The Morgan fingerprint density at radius 1 is 1.47 bits per heavy atom. The molecule has 0 unspecified atom stereocenters. The van der Waals surface area contributed by atoms with Gasteiger partial charge in [0.2, 0.25) is 0 Å². The van der Waals surface area contributed by atoms with E-state index in [1.165, 1.54) is 4.90 Å². The molecule has 0 spiro atoms. The third-order valence-electron chi connectivity index (χ3n) is 2.46. The van der Waals surface area contributed by atoms with Crippen molar-refractivity contribution in [2.45, 2.75) is 26.4 Å². The number of rotatable bonds is 1. The van der Waals surface area contributed by atoms with Gasteiger partial charge in [-0.1, -0.05) is 0 Å². The maximum atomic E-state index is 12.0. The number of nitrogens with zero attached hydrogens (tertiary/aromatic N) is 3. The normalized spacial score (nSPS) is 15.8. The molecule has 0 radical (unpaired) electrons. The quantitative estimate of drug-likeness (QED) is 0.779. The van der Waals surface area contributed by atoms with E-state index in [1.807, 2.05) is 40.1 Å². The Bertz CT molecular complexity index is 499. The number of aromatic nitrogens is 2. The lowest BCUT2D eigenvalue weighted by Gasteiger charge is -2.28. The van der Waals surface area contributed by atoms with E-state index in [-0.39, 0.29) is 6.09 Å². The summed E-state index contributed by atoms with van der Waals surface area (Å²) < 4.78 is 12.5.